The van der Waals surface area contributed by atoms with Crippen LogP contribution in [0.3, 0.4) is 0 Å². The first-order valence-corrected chi connectivity index (χ1v) is 8.48. The Bertz CT molecular complexity index is 534. The van der Waals surface area contributed by atoms with Crippen molar-refractivity contribution < 1.29 is 4.74 Å². The molecule has 6 heteroatoms. The van der Waals surface area contributed by atoms with Gasteiger partial charge in [-0.15, -0.1) is 0 Å². The van der Waals surface area contributed by atoms with E-state index in [4.69, 9.17) is 15.5 Å². The van der Waals surface area contributed by atoms with E-state index in [9.17, 15) is 0 Å². The van der Waals surface area contributed by atoms with Gasteiger partial charge in [-0.2, -0.15) is 0 Å². The Morgan fingerprint density at radius 2 is 2.10 bits per heavy atom. The fourth-order valence-electron chi connectivity index (χ4n) is 3.25. The number of ether oxygens (including phenoxy) is 1. The zero-order valence-corrected chi connectivity index (χ0v) is 13.5. The lowest BCUT2D eigenvalue weighted by molar-refractivity contribution is -0.0541. The van der Waals surface area contributed by atoms with Crippen molar-refractivity contribution in [2.75, 3.05) is 25.4 Å². The molecule has 1 saturated carbocycles. The second-order valence-electron chi connectivity index (χ2n) is 6.05. The molecule has 1 aromatic heterocycles. The summed E-state index contributed by atoms with van der Waals surface area (Å²) in [6.45, 7) is 2.90. The highest BCUT2D eigenvalue weighted by atomic mass is 127. The number of fused-ring (bicyclic) bond motifs is 1. The SMILES string of the molecule is Nc1nc(C2CN3CCCC3CO2)nc(C2CC2)c1I. The Kier molecular flexibility index (Phi) is 3.35. The smallest absolute Gasteiger partial charge is 0.161 e. The molecule has 20 heavy (non-hydrogen) atoms. The van der Waals surface area contributed by atoms with Crippen molar-refractivity contribution in [2.24, 2.45) is 0 Å². The van der Waals surface area contributed by atoms with E-state index in [0.29, 0.717) is 17.8 Å². The molecule has 0 spiro atoms. The second-order valence-corrected chi connectivity index (χ2v) is 7.13. The first-order valence-electron chi connectivity index (χ1n) is 7.41. The third kappa shape index (κ3) is 2.31. The van der Waals surface area contributed by atoms with Gasteiger partial charge in [0, 0.05) is 18.5 Å². The molecule has 5 nitrogen and oxygen atoms in total. The summed E-state index contributed by atoms with van der Waals surface area (Å²) in [6, 6.07) is 0.607. The largest absolute Gasteiger partial charge is 0.383 e. The molecule has 4 rings (SSSR count). The van der Waals surface area contributed by atoms with Crippen LogP contribution in [-0.4, -0.2) is 40.6 Å². The molecule has 3 heterocycles. The van der Waals surface area contributed by atoms with Gasteiger partial charge in [0.25, 0.3) is 0 Å². The molecule has 3 fully saturated rings. The third-order valence-electron chi connectivity index (χ3n) is 4.56. The van der Waals surface area contributed by atoms with E-state index in [1.165, 1.54) is 32.2 Å². The van der Waals surface area contributed by atoms with E-state index < -0.39 is 0 Å². The van der Waals surface area contributed by atoms with E-state index in [1.807, 2.05) is 0 Å². The minimum absolute atomic E-state index is 0.0128. The fourth-order valence-corrected chi connectivity index (χ4v) is 3.93. The fraction of sp³-hybridized carbons (Fsp3) is 0.714. The number of anilines is 1. The average molecular weight is 386 g/mol. The first kappa shape index (κ1) is 13.2. The summed E-state index contributed by atoms with van der Waals surface area (Å²) in [7, 11) is 0. The number of hydrogen-bond donors (Lipinski definition) is 1. The maximum Gasteiger partial charge on any atom is 0.161 e. The third-order valence-corrected chi connectivity index (χ3v) is 5.67. The number of rotatable bonds is 2. The number of nitrogens with two attached hydrogens (primary N) is 1. The quantitative estimate of drug-likeness (QED) is 0.789. The molecule has 2 N–H and O–H groups in total. The molecule has 2 unspecified atom stereocenters. The second kappa shape index (κ2) is 5.06. The zero-order chi connectivity index (χ0) is 13.7. The van der Waals surface area contributed by atoms with Crippen LogP contribution in [0.4, 0.5) is 5.82 Å². The molecule has 2 atom stereocenters. The first-order chi connectivity index (χ1) is 9.72. The van der Waals surface area contributed by atoms with E-state index in [2.05, 4.69) is 32.5 Å². The van der Waals surface area contributed by atoms with Crippen LogP contribution < -0.4 is 5.73 Å². The summed E-state index contributed by atoms with van der Waals surface area (Å²) < 4.78 is 7.03. The topological polar surface area (TPSA) is 64.3 Å². The monoisotopic (exact) mass is 386 g/mol. The number of nitrogens with zero attached hydrogens (tertiary/aromatic N) is 3. The number of hydrogen-bond acceptors (Lipinski definition) is 5. The Hall–Kier alpha value is -0.470. The van der Waals surface area contributed by atoms with Gasteiger partial charge < -0.3 is 10.5 Å². The van der Waals surface area contributed by atoms with Crippen molar-refractivity contribution in [3.8, 4) is 0 Å². The number of aromatic nitrogens is 2. The zero-order valence-electron chi connectivity index (χ0n) is 11.4. The number of morpholine rings is 1. The van der Waals surface area contributed by atoms with Crippen molar-refractivity contribution in [1.82, 2.24) is 14.9 Å². The van der Waals surface area contributed by atoms with Gasteiger partial charge in [-0.05, 0) is 54.8 Å². The van der Waals surface area contributed by atoms with Crippen molar-refractivity contribution in [1.29, 1.82) is 0 Å². The van der Waals surface area contributed by atoms with Crippen molar-refractivity contribution in [2.45, 2.75) is 43.7 Å². The van der Waals surface area contributed by atoms with Gasteiger partial charge in [0.1, 0.15) is 11.9 Å². The highest BCUT2D eigenvalue weighted by Gasteiger charge is 2.35. The van der Waals surface area contributed by atoms with Crippen LogP contribution in [0.2, 0.25) is 0 Å². The molecule has 0 bridgehead atoms. The Balaban J connectivity index is 1.61. The highest BCUT2D eigenvalue weighted by Crippen LogP contribution is 2.42. The van der Waals surface area contributed by atoms with Gasteiger partial charge in [-0.25, -0.2) is 9.97 Å². The molecular formula is C14H19IN4O. The van der Waals surface area contributed by atoms with Gasteiger partial charge >= 0.3 is 0 Å². The summed E-state index contributed by atoms with van der Waals surface area (Å²) in [5.41, 5.74) is 7.21. The molecule has 108 valence electrons. The van der Waals surface area contributed by atoms with Crippen LogP contribution in [0.5, 0.6) is 0 Å². The molecule has 0 amide bonds. The normalized spacial score (nSPS) is 30.4. The van der Waals surface area contributed by atoms with Crippen LogP contribution in [0.15, 0.2) is 0 Å². The number of halogens is 1. The summed E-state index contributed by atoms with van der Waals surface area (Å²) in [5, 5.41) is 0. The minimum Gasteiger partial charge on any atom is -0.383 e. The Morgan fingerprint density at radius 3 is 2.90 bits per heavy atom. The van der Waals surface area contributed by atoms with Gasteiger partial charge in [-0.3, -0.25) is 4.90 Å². The van der Waals surface area contributed by atoms with Crippen LogP contribution >= 0.6 is 22.6 Å². The molecule has 3 aliphatic rings. The van der Waals surface area contributed by atoms with Crippen LogP contribution in [0.1, 0.15) is 49.2 Å². The molecule has 0 aromatic carbocycles. The van der Waals surface area contributed by atoms with Crippen LogP contribution in [0.25, 0.3) is 0 Å². The van der Waals surface area contributed by atoms with E-state index in [-0.39, 0.29) is 6.10 Å². The highest BCUT2D eigenvalue weighted by molar-refractivity contribution is 14.1. The van der Waals surface area contributed by atoms with Crippen LogP contribution in [-0.2, 0) is 4.74 Å². The maximum atomic E-state index is 6.07. The van der Waals surface area contributed by atoms with Gasteiger partial charge in [0.2, 0.25) is 0 Å². The van der Waals surface area contributed by atoms with Crippen LogP contribution in [0, 0.1) is 3.57 Å². The maximum absolute atomic E-state index is 6.07. The van der Waals surface area contributed by atoms with E-state index >= 15 is 0 Å². The van der Waals surface area contributed by atoms with Gasteiger partial charge in [0.05, 0.1) is 15.9 Å². The number of nitrogen functional groups attached to an aromatic ring is 1. The Morgan fingerprint density at radius 1 is 1.25 bits per heavy atom. The summed E-state index contributed by atoms with van der Waals surface area (Å²) in [5.74, 6) is 1.99. The molecule has 2 saturated heterocycles. The lowest BCUT2D eigenvalue weighted by atomic mass is 10.1. The molecular weight excluding hydrogens is 367 g/mol. The summed E-state index contributed by atoms with van der Waals surface area (Å²) in [6.07, 6.45) is 4.98. The van der Waals surface area contributed by atoms with Crippen molar-refractivity contribution in [3.05, 3.63) is 15.1 Å². The molecule has 0 radical (unpaired) electrons. The standard InChI is InChI=1S/C14H19IN4O/c15-11-12(8-3-4-8)17-14(18-13(11)16)10-6-19-5-1-2-9(19)7-20-10/h8-10H,1-7H2,(H2,16,17,18). The summed E-state index contributed by atoms with van der Waals surface area (Å²) >= 11 is 2.27. The van der Waals surface area contributed by atoms with Crippen molar-refractivity contribution in [3.63, 3.8) is 0 Å². The Labute approximate surface area is 132 Å². The lowest BCUT2D eigenvalue weighted by Crippen LogP contribution is -2.43. The van der Waals surface area contributed by atoms with Gasteiger partial charge in [0.15, 0.2) is 5.82 Å². The lowest BCUT2D eigenvalue weighted by Gasteiger charge is -2.34. The summed E-state index contributed by atoms with van der Waals surface area (Å²) in [4.78, 5) is 11.8. The predicted molar refractivity (Wildman–Crippen MR) is 84.4 cm³/mol. The molecule has 1 aliphatic carbocycles. The average Bonchev–Trinajstić information content (AvgIpc) is 3.18. The predicted octanol–water partition coefficient (Wildman–Crippen LogP) is 2.08. The molecule has 2 aliphatic heterocycles. The van der Waals surface area contributed by atoms with Gasteiger partial charge in [-0.1, -0.05) is 0 Å². The minimum atomic E-state index is -0.0128. The van der Waals surface area contributed by atoms with E-state index in [0.717, 1.165) is 28.2 Å². The van der Waals surface area contributed by atoms with Crippen molar-refractivity contribution >= 4 is 28.4 Å². The molecule has 1 aromatic rings. The van der Waals surface area contributed by atoms with E-state index in [1.54, 1.807) is 0 Å².